The summed E-state index contributed by atoms with van der Waals surface area (Å²) >= 11 is 0. The van der Waals surface area contributed by atoms with Crippen LogP contribution in [0.25, 0.3) is 76.9 Å². The number of benzene rings is 8. The van der Waals surface area contributed by atoms with Gasteiger partial charge in [0, 0.05) is 10.8 Å². The summed E-state index contributed by atoms with van der Waals surface area (Å²) < 4.78 is 18.6. The highest BCUT2D eigenvalue weighted by Gasteiger charge is 2.20. The van der Waals surface area contributed by atoms with Crippen LogP contribution in [-0.4, -0.2) is 0 Å². The van der Waals surface area contributed by atoms with E-state index in [0.717, 1.165) is 61.6 Å². The van der Waals surface area contributed by atoms with E-state index >= 15 is 0 Å². The number of para-hydroxylation sites is 3. The fourth-order valence-electron chi connectivity index (χ4n) is 7.17. The molecule has 0 saturated carbocycles. The van der Waals surface area contributed by atoms with Crippen molar-refractivity contribution in [3.05, 3.63) is 158 Å². The predicted octanol–water partition coefficient (Wildman–Crippen LogP) is 12.8. The molecule has 0 aliphatic carbocycles. The third-order valence-corrected chi connectivity index (χ3v) is 9.34. The summed E-state index contributed by atoms with van der Waals surface area (Å²) in [6, 6.07) is 55.1. The van der Waals surface area contributed by atoms with E-state index in [1.807, 2.05) is 42.5 Å². The van der Waals surface area contributed by atoms with Gasteiger partial charge in [0.05, 0.1) is 0 Å². The van der Waals surface area contributed by atoms with Crippen molar-refractivity contribution in [3.8, 4) is 56.4 Å². The maximum atomic E-state index is 6.31. The molecule has 9 aromatic rings. The van der Waals surface area contributed by atoms with Crippen LogP contribution in [0.5, 0.6) is 23.0 Å². The summed E-state index contributed by atoms with van der Waals surface area (Å²) in [5.74, 6) is 2.91. The van der Waals surface area contributed by atoms with Crippen LogP contribution in [0.2, 0.25) is 0 Å². The lowest BCUT2D eigenvalue weighted by molar-refractivity contribution is 0.360. The van der Waals surface area contributed by atoms with Crippen LogP contribution in [0, 0.1) is 0 Å². The van der Waals surface area contributed by atoms with Crippen molar-refractivity contribution < 1.29 is 13.9 Å². The Kier molecular flexibility index (Phi) is 5.57. The van der Waals surface area contributed by atoms with Crippen LogP contribution in [0.15, 0.2) is 162 Å². The van der Waals surface area contributed by atoms with Crippen molar-refractivity contribution in [2.75, 3.05) is 0 Å². The van der Waals surface area contributed by atoms with E-state index in [0.29, 0.717) is 0 Å². The van der Waals surface area contributed by atoms with Crippen molar-refractivity contribution in [2.24, 2.45) is 0 Å². The molecule has 0 atom stereocenters. The molecule has 1 aliphatic rings. The van der Waals surface area contributed by atoms with Gasteiger partial charge in [0.15, 0.2) is 23.0 Å². The number of hydrogen-bond donors (Lipinski definition) is 0. The van der Waals surface area contributed by atoms with Gasteiger partial charge in [-0.05, 0) is 97.4 Å². The largest absolute Gasteiger partial charge is 0.456 e. The van der Waals surface area contributed by atoms with E-state index in [9.17, 15) is 0 Å². The van der Waals surface area contributed by atoms with Gasteiger partial charge in [0.25, 0.3) is 0 Å². The first-order valence-electron chi connectivity index (χ1n) is 15.8. The number of rotatable bonds is 3. The smallest absolute Gasteiger partial charge is 0.170 e. The molecule has 0 radical (unpaired) electrons. The maximum absolute atomic E-state index is 6.31. The Morgan fingerprint density at radius 3 is 1.43 bits per heavy atom. The number of fused-ring (bicyclic) bond motifs is 7. The van der Waals surface area contributed by atoms with E-state index in [1.165, 1.54) is 38.2 Å². The van der Waals surface area contributed by atoms with Gasteiger partial charge in [0.1, 0.15) is 11.2 Å². The Labute approximate surface area is 270 Å². The summed E-state index contributed by atoms with van der Waals surface area (Å²) in [6.07, 6.45) is 0. The predicted molar refractivity (Wildman–Crippen MR) is 192 cm³/mol. The Morgan fingerprint density at radius 1 is 0.277 bits per heavy atom. The minimum absolute atomic E-state index is 0.721. The highest BCUT2D eigenvalue weighted by Crippen LogP contribution is 2.47. The normalized spacial score (nSPS) is 12.2. The number of ether oxygens (including phenoxy) is 2. The van der Waals surface area contributed by atoms with E-state index < -0.39 is 0 Å². The van der Waals surface area contributed by atoms with Crippen molar-refractivity contribution in [1.29, 1.82) is 0 Å². The van der Waals surface area contributed by atoms with Crippen LogP contribution in [0.1, 0.15) is 0 Å². The summed E-state index contributed by atoms with van der Waals surface area (Å²) in [5.41, 5.74) is 8.77. The van der Waals surface area contributed by atoms with Crippen molar-refractivity contribution in [1.82, 2.24) is 0 Å². The van der Waals surface area contributed by atoms with Crippen molar-refractivity contribution in [2.45, 2.75) is 0 Å². The van der Waals surface area contributed by atoms with Gasteiger partial charge < -0.3 is 13.9 Å². The first kappa shape index (κ1) is 26.0. The average Bonchev–Trinajstić information content (AvgIpc) is 3.51. The quantitative estimate of drug-likeness (QED) is 0.189. The summed E-state index contributed by atoms with van der Waals surface area (Å²) in [6.45, 7) is 0. The molecule has 0 N–H and O–H groups in total. The summed E-state index contributed by atoms with van der Waals surface area (Å²) in [4.78, 5) is 0. The lowest BCUT2D eigenvalue weighted by atomic mass is 9.85. The molecule has 0 spiro atoms. The molecule has 220 valence electrons. The second kappa shape index (κ2) is 10.1. The lowest BCUT2D eigenvalue weighted by Gasteiger charge is -2.21. The van der Waals surface area contributed by atoms with Crippen molar-refractivity contribution >= 4 is 43.5 Å². The zero-order valence-electron chi connectivity index (χ0n) is 25.2. The van der Waals surface area contributed by atoms with Crippen LogP contribution >= 0.6 is 0 Å². The fraction of sp³-hybridized carbons (Fsp3) is 0. The highest BCUT2D eigenvalue weighted by atomic mass is 16.6. The Hall–Kier alpha value is -6.32. The van der Waals surface area contributed by atoms with E-state index in [4.69, 9.17) is 13.9 Å². The Morgan fingerprint density at radius 2 is 0.745 bits per heavy atom. The van der Waals surface area contributed by atoms with Gasteiger partial charge in [-0.3, -0.25) is 0 Å². The standard InChI is InChI=1S/C44H26O3/c1-3-12-35-33(10-1)43(28-19-17-27(18-20-28)29-22-24-40-42(25-29)47-39-16-8-7-15-38(39)46-40)34-11-2-4-13-36(34)44(35)30-21-23-32-31-9-5-6-14-37(31)45-41(32)26-30/h1-26H. The highest BCUT2D eigenvalue weighted by molar-refractivity contribution is 6.22. The third kappa shape index (κ3) is 4.07. The molecule has 1 aromatic heterocycles. The molecule has 10 rings (SSSR count). The summed E-state index contributed by atoms with van der Waals surface area (Å²) in [5, 5.41) is 7.15. The SMILES string of the molecule is c1ccc2c(c1)Oc1ccc(-c3ccc(-c4c5ccccc5c(-c5ccc6c(c5)oc5ccccc56)c5ccccc45)cc3)cc1O2. The molecule has 3 heteroatoms. The zero-order valence-corrected chi connectivity index (χ0v) is 25.2. The second-order valence-electron chi connectivity index (χ2n) is 12.0. The molecule has 1 aliphatic heterocycles. The van der Waals surface area contributed by atoms with E-state index in [1.54, 1.807) is 0 Å². The summed E-state index contributed by atoms with van der Waals surface area (Å²) in [7, 11) is 0. The van der Waals surface area contributed by atoms with E-state index in [2.05, 4.69) is 115 Å². The molecular formula is C44H26O3. The van der Waals surface area contributed by atoms with Gasteiger partial charge in [-0.15, -0.1) is 0 Å². The second-order valence-corrected chi connectivity index (χ2v) is 12.0. The average molecular weight is 603 g/mol. The Bertz CT molecular complexity index is 2620. The maximum Gasteiger partial charge on any atom is 0.170 e. The van der Waals surface area contributed by atoms with Crippen LogP contribution in [-0.2, 0) is 0 Å². The monoisotopic (exact) mass is 602 g/mol. The van der Waals surface area contributed by atoms with Crippen molar-refractivity contribution in [3.63, 3.8) is 0 Å². The molecular weight excluding hydrogens is 576 g/mol. The molecule has 3 nitrogen and oxygen atoms in total. The molecule has 0 saturated heterocycles. The molecule has 8 aromatic carbocycles. The Balaban J connectivity index is 1.10. The molecule has 0 amide bonds. The van der Waals surface area contributed by atoms with Crippen LogP contribution in [0.4, 0.5) is 0 Å². The number of furan rings is 1. The fourth-order valence-corrected chi connectivity index (χ4v) is 7.17. The topological polar surface area (TPSA) is 31.6 Å². The molecule has 47 heavy (non-hydrogen) atoms. The first-order valence-corrected chi connectivity index (χ1v) is 15.8. The van der Waals surface area contributed by atoms with Gasteiger partial charge in [-0.1, -0.05) is 115 Å². The van der Waals surface area contributed by atoms with Crippen LogP contribution < -0.4 is 9.47 Å². The van der Waals surface area contributed by atoms with Crippen LogP contribution in [0.3, 0.4) is 0 Å². The molecule has 0 bridgehead atoms. The van der Waals surface area contributed by atoms with Gasteiger partial charge >= 0.3 is 0 Å². The molecule has 2 heterocycles. The zero-order chi connectivity index (χ0) is 30.9. The van der Waals surface area contributed by atoms with Gasteiger partial charge in [-0.25, -0.2) is 0 Å². The van der Waals surface area contributed by atoms with Gasteiger partial charge in [0.2, 0.25) is 0 Å². The minimum atomic E-state index is 0.721. The lowest BCUT2D eigenvalue weighted by Crippen LogP contribution is -1.98. The first-order chi connectivity index (χ1) is 23.3. The van der Waals surface area contributed by atoms with Gasteiger partial charge in [-0.2, -0.15) is 0 Å². The number of hydrogen-bond acceptors (Lipinski definition) is 3. The molecule has 0 fully saturated rings. The third-order valence-electron chi connectivity index (χ3n) is 9.34. The minimum Gasteiger partial charge on any atom is -0.456 e. The molecule has 0 unspecified atom stereocenters. The van der Waals surface area contributed by atoms with E-state index in [-0.39, 0.29) is 0 Å².